The second kappa shape index (κ2) is 5.09. The first-order valence-electron chi connectivity index (χ1n) is 9.10. The molecule has 1 aliphatic rings. The second-order valence-electron chi connectivity index (χ2n) is 7.02. The first-order chi connectivity index (χ1) is 12.9. The molecule has 0 amide bonds. The number of nitrogens with zero attached hydrogens (tertiary/aromatic N) is 1. The van der Waals surface area contributed by atoms with Crippen LogP contribution < -0.4 is 0 Å². The maximum atomic E-state index is 2.39. The summed E-state index contributed by atoms with van der Waals surface area (Å²) in [7, 11) is 0. The van der Waals surface area contributed by atoms with Crippen molar-refractivity contribution in [1.29, 1.82) is 0 Å². The van der Waals surface area contributed by atoms with Crippen LogP contribution in [0.25, 0.3) is 38.6 Å². The highest BCUT2D eigenvalue weighted by Gasteiger charge is 2.24. The quantitative estimate of drug-likeness (QED) is 0.330. The number of benzene rings is 4. The Bertz CT molecular complexity index is 1290. The van der Waals surface area contributed by atoms with Crippen molar-refractivity contribution in [3.63, 3.8) is 0 Å². The SMILES string of the molecule is c1ccc(-n2c3ccccc3c3c4c(ccc32)Cc2ccccc2-4)cc1. The first-order valence-corrected chi connectivity index (χ1v) is 9.10. The summed E-state index contributed by atoms with van der Waals surface area (Å²) in [5.74, 6) is 0. The van der Waals surface area contributed by atoms with Gasteiger partial charge in [-0.3, -0.25) is 0 Å². The summed E-state index contributed by atoms with van der Waals surface area (Å²) in [4.78, 5) is 0. The van der Waals surface area contributed by atoms with Crippen molar-refractivity contribution in [2.24, 2.45) is 0 Å². The largest absolute Gasteiger partial charge is 0.309 e. The third kappa shape index (κ3) is 1.75. The van der Waals surface area contributed by atoms with Crippen LogP contribution in [0, 0.1) is 0 Å². The molecule has 4 aromatic carbocycles. The van der Waals surface area contributed by atoms with Gasteiger partial charge in [-0.15, -0.1) is 0 Å². The van der Waals surface area contributed by atoms with Gasteiger partial charge in [0.15, 0.2) is 0 Å². The third-order valence-corrected chi connectivity index (χ3v) is 5.61. The fourth-order valence-corrected chi connectivity index (χ4v) is 4.54. The number of fused-ring (bicyclic) bond motifs is 7. The number of para-hydroxylation sites is 2. The van der Waals surface area contributed by atoms with Crippen molar-refractivity contribution < 1.29 is 0 Å². The molecule has 6 rings (SSSR count). The monoisotopic (exact) mass is 331 g/mol. The summed E-state index contributed by atoms with van der Waals surface area (Å²) in [6.45, 7) is 0. The topological polar surface area (TPSA) is 4.93 Å². The summed E-state index contributed by atoms with van der Waals surface area (Å²) in [6, 6.07) is 32.9. The van der Waals surface area contributed by atoms with E-state index in [1.54, 1.807) is 0 Å². The fourth-order valence-electron chi connectivity index (χ4n) is 4.54. The molecule has 1 nitrogen and oxygen atoms in total. The van der Waals surface area contributed by atoms with Crippen LogP contribution in [0.5, 0.6) is 0 Å². The van der Waals surface area contributed by atoms with Crippen LogP contribution in [0.15, 0.2) is 91.0 Å². The van der Waals surface area contributed by atoms with Gasteiger partial charge in [0, 0.05) is 16.5 Å². The predicted molar refractivity (Wildman–Crippen MR) is 109 cm³/mol. The smallest absolute Gasteiger partial charge is 0.0547 e. The summed E-state index contributed by atoms with van der Waals surface area (Å²) < 4.78 is 2.39. The molecule has 1 heterocycles. The average Bonchev–Trinajstić information content (AvgIpc) is 3.24. The van der Waals surface area contributed by atoms with E-state index in [1.165, 1.54) is 49.7 Å². The molecule has 0 saturated carbocycles. The molecule has 26 heavy (non-hydrogen) atoms. The molecule has 1 aromatic heterocycles. The molecule has 0 radical (unpaired) electrons. The zero-order valence-corrected chi connectivity index (χ0v) is 14.3. The van der Waals surface area contributed by atoms with E-state index in [9.17, 15) is 0 Å². The van der Waals surface area contributed by atoms with Gasteiger partial charge in [0.1, 0.15) is 0 Å². The van der Waals surface area contributed by atoms with Crippen LogP contribution in [0.3, 0.4) is 0 Å². The Kier molecular flexibility index (Phi) is 2.72. The molecule has 1 heteroatoms. The lowest BCUT2D eigenvalue weighted by Crippen LogP contribution is -1.93. The van der Waals surface area contributed by atoms with E-state index in [0.717, 1.165) is 6.42 Å². The van der Waals surface area contributed by atoms with Gasteiger partial charge < -0.3 is 4.57 Å². The van der Waals surface area contributed by atoms with Gasteiger partial charge in [-0.2, -0.15) is 0 Å². The Labute approximate surface area is 152 Å². The minimum Gasteiger partial charge on any atom is -0.309 e. The van der Waals surface area contributed by atoms with Crippen molar-refractivity contribution in [1.82, 2.24) is 4.57 Å². The van der Waals surface area contributed by atoms with Crippen molar-refractivity contribution in [2.75, 3.05) is 0 Å². The third-order valence-electron chi connectivity index (χ3n) is 5.61. The van der Waals surface area contributed by atoms with Crippen LogP contribution in [0.2, 0.25) is 0 Å². The van der Waals surface area contributed by atoms with Gasteiger partial charge in [-0.05, 0) is 52.9 Å². The summed E-state index contributed by atoms with van der Waals surface area (Å²) >= 11 is 0. The normalized spacial score (nSPS) is 12.5. The molecule has 122 valence electrons. The average molecular weight is 331 g/mol. The molecule has 0 fully saturated rings. The maximum absolute atomic E-state index is 2.39. The van der Waals surface area contributed by atoms with E-state index in [2.05, 4.69) is 95.6 Å². The lowest BCUT2D eigenvalue weighted by Gasteiger charge is -2.08. The van der Waals surface area contributed by atoms with Crippen molar-refractivity contribution >= 4 is 21.8 Å². The molecule has 0 bridgehead atoms. The Hall–Kier alpha value is -3.32. The fraction of sp³-hybridized carbons (Fsp3) is 0.0400. The van der Waals surface area contributed by atoms with Crippen molar-refractivity contribution in [2.45, 2.75) is 6.42 Å². The number of hydrogen-bond acceptors (Lipinski definition) is 0. The van der Waals surface area contributed by atoms with Gasteiger partial charge in [0.2, 0.25) is 0 Å². The zero-order valence-electron chi connectivity index (χ0n) is 14.3. The van der Waals surface area contributed by atoms with E-state index in [-0.39, 0.29) is 0 Å². The van der Waals surface area contributed by atoms with Gasteiger partial charge in [-0.25, -0.2) is 0 Å². The number of aromatic nitrogens is 1. The van der Waals surface area contributed by atoms with E-state index in [1.807, 2.05) is 0 Å². The van der Waals surface area contributed by atoms with Crippen LogP contribution in [-0.2, 0) is 6.42 Å². The number of rotatable bonds is 1. The molecule has 0 aliphatic heterocycles. The van der Waals surface area contributed by atoms with Gasteiger partial charge in [0.05, 0.1) is 11.0 Å². The molecular formula is C25H17N. The molecule has 0 spiro atoms. The minimum absolute atomic E-state index is 1.03. The lowest BCUT2D eigenvalue weighted by atomic mass is 9.99. The van der Waals surface area contributed by atoms with Crippen LogP contribution >= 0.6 is 0 Å². The second-order valence-corrected chi connectivity index (χ2v) is 7.02. The van der Waals surface area contributed by atoms with Gasteiger partial charge >= 0.3 is 0 Å². The van der Waals surface area contributed by atoms with Crippen LogP contribution in [0.1, 0.15) is 11.1 Å². The van der Waals surface area contributed by atoms with Crippen LogP contribution in [-0.4, -0.2) is 4.57 Å². The van der Waals surface area contributed by atoms with Gasteiger partial charge in [0.25, 0.3) is 0 Å². The van der Waals surface area contributed by atoms with E-state index in [4.69, 9.17) is 0 Å². The molecular weight excluding hydrogens is 314 g/mol. The highest BCUT2D eigenvalue weighted by molar-refractivity contribution is 6.17. The van der Waals surface area contributed by atoms with E-state index < -0.39 is 0 Å². The summed E-state index contributed by atoms with van der Waals surface area (Å²) in [5, 5.41) is 2.71. The van der Waals surface area contributed by atoms with Crippen LogP contribution in [0.4, 0.5) is 0 Å². The summed E-state index contributed by atoms with van der Waals surface area (Å²) in [5.41, 5.74) is 9.46. The summed E-state index contributed by atoms with van der Waals surface area (Å²) in [6.07, 6.45) is 1.03. The molecule has 1 aliphatic carbocycles. The molecule has 0 atom stereocenters. The molecule has 0 unspecified atom stereocenters. The molecule has 0 saturated heterocycles. The first kappa shape index (κ1) is 13.9. The Morgan fingerprint density at radius 2 is 1.35 bits per heavy atom. The predicted octanol–water partition coefficient (Wildman–Crippen LogP) is 6.35. The molecule has 5 aromatic rings. The Balaban J connectivity index is 1.83. The zero-order chi connectivity index (χ0) is 17.1. The number of hydrogen-bond donors (Lipinski definition) is 0. The molecule has 0 N–H and O–H groups in total. The van der Waals surface area contributed by atoms with Crippen molar-refractivity contribution in [3.05, 3.63) is 102 Å². The Morgan fingerprint density at radius 1 is 0.577 bits per heavy atom. The van der Waals surface area contributed by atoms with Gasteiger partial charge in [-0.1, -0.05) is 66.7 Å². The minimum atomic E-state index is 1.03. The maximum Gasteiger partial charge on any atom is 0.0547 e. The standard InChI is InChI=1S/C25H17N/c1-2-9-19(10-3-1)26-22-13-7-6-12-21(22)25-23(26)15-14-18-16-17-8-4-5-11-20(17)24(18)25/h1-15H,16H2. The highest BCUT2D eigenvalue weighted by atomic mass is 15.0. The lowest BCUT2D eigenvalue weighted by molar-refractivity contribution is 1.18. The van der Waals surface area contributed by atoms with E-state index >= 15 is 0 Å². The highest BCUT2D eigenvalue weighted by Crippen LogP contribution is 2.45. The van der Waals surface area contributed by atoms with Crippen molar-refractivity contribution in [3.8, 4) is 16.8 Å². The van der Waals surface area contributed by atoms with E-state index in [0.29, 0.717) is 0 Å². The Morgan fingerprint density at radius 3 is 2.27 bits per heavy atom.